The maximum atomic E-state index is 13.1. The fourth-order valence-corrected chi connectivity index (χ4v) is 4.22. The van der Waals surface area contributed by atoms with Crippen molar-refractivity contribution in [3.8, 4) is 0 Å². The van der Waals surface area contributed by atoms with Gasteiger partial charge in [-0.3, -0.25) is 4.79 Å². The van der Waals surface area contributed by atoms with Gasteiger partial charge in [0.25, 0.3) is 5.91 Å². The molecule has 0 aliphatic rings. The van der Waals surface area contributed by atoms with Gasteiger partial charge in [-0.05, 0) is 35.4 Å². The zero-order valence-corrected chi connectivity index (χ0v) is 20.6. The van der Waals surface area contributed by atoms with Crippen LogP contribution in [0.4, 0.5) is 11.5 Å². The van der Waals surface area contributed by atoms with Crippen LogP contribution in [-0.4, -0.2) is 45.0 Å². The number of aryl methyl sites for hydroxylation is 2. The van der Waals surface area contributed by atoms with Crippen LogP contribution in [0.15, 0.2) is 42.7 Å². The van der Waals surface area contributed by atoms with Gasteiger partial charge in [-0.1, -0.05) is 30.3 Å². The lowest BCUT2D eigenvalue weighted by Gasteiger charge is -2.18. The van der Waals surface area contributed by atoms with Crippen LogP contribution in [0.1, 0.15) is 28.5 Å². The summed E-state index contributed by atoms with van der Waals surface area (Å²) in [6.45, 7) is 6.17. The fourth-order valence-electron chi connectivity index (χ4n) is 4.22. The van der Waals surface area contributed by atoms with Crippen LogP contribution in [0.5, 0.6) is 0 Å². The van der Waals surface area contributed by atoms with Crippen molar-refractivity contribution >= 4 is 39.2 Å². The first-order valence-corrected chi connectivity index (χ1v) is 11.2. The molecule has 184 valence electrons. The third kappa shape index (κ3) is 5.03. The molecule has 4 N–H and O–H groups in total. The summed E-state index contributed by atoms with van der Waals surface area (Å²) in [4.78, 5) is 33.6. The van der Waals surface area contributed by atoms with Crippen molar-refractivity contribution in [2.24, 2.45) is 7.05 Å². The van der Waals surface area contributed by atoms with Crippen molar-refractivity contribution in [3.05, 3.63) is 69.7 Å². The molecule has 2 aromatic heterocycles. The molecule has 0 saturated carbocycles. The number of pyridine rings is 1. The van der Waals surface area contributed by atoms with Crippen LogP contribution in [0.2, 0.25) is 0 Å². The van der Waals surface area contributed by atoms with Crippen LogP contribution in [0.25, 0.3) is 21.8 Å². The molecule has 2 aromatic carbocycles. The van der Waals surface area contributed by atoms with Gasteiger partial charge in [0, 0.05) is 17.8 Å². The second-order valence-corrected chi connectivity index (χ2v) is 8.37. The van der Waals surface area contributed by atoms with Gasteiger partial charge in [-0.15, -0.1) is 0 Å². The molecule has 1 unspecified atom stereocenters. The predicted octanol–water partition coefficient (Wildman–Crippen LogP) is -1.24. The Labute approximate surface area is 208 Å². The fraction of sp³-hybridized carbons (Fsp3) is 0.292. The summed E-state index contributed by atoms with van der Waals surface area (Å²) >= 11 is 0. The van der Waals surface area contributed by atoms with Gasteiger partial charge < -0.3 is 43.0 Å². The Morgan fingerprint density at radius 1 is 1.20 bits per heavy atom. The van der Waals surface area contributed by atoms with Crippen molar-refractivity contribution in [2.75, 3.05) is 25.4 Å². The Morgan fingerprint density at radius 2 is 1.89 bits per heavy atom. The molecule has 35 heavy (non-hydrogen) atoms. The maximum absolute atomic E-state index is 13.1. The molecular formula is C24H28ClN7O3. The summed E-state index contributed by atoms with van der Waals surface area (Å²) in [5.41, 5.74) is 10.4. The largest absolute Gasteiger partial charge is 1.00 e. The number of hydrogen-bond acceptors (Lipinski definition) is 6. The average Bonchev–Trinajstić information content (AvgIpc) is 3.19. The normalized spacial score (nSPS) is 11.9. The highest BCUT2D eigenvalue weighted by atomic mass is 35.5. The number of nitrogens with two attached hydrogens (primary N) is 1. The Bertz CT molecular complexity index is 1400. The van der Waals surface area contributed by atoms with Gasteiger partial charge >= 0.3 is 5.82 Å². The van der Waals surface area contributed by atoms with Crippen molar-refractivity contribution in [1.82, 2.24) is 19.9 Å². The quantitative estimate of drug-likeness (QED) is 0.158. The van der Waals surface area contributed by atoms with E-state index in [0.29, 0.717) is 42.1 Å². The van der Waals surface area contributed by atoms with Crippen LogP contribution >= 0.6 is 0 Å². The van der Waals surface area contributed by atoms with E-state index in [4.69, 9.17) is 10.7 Å². The van der Waals surface area contributed by atoms with E-state index in [0.717, 1.165) is 33.3 Å². The lowest BCUT2D eigenvalue weighted by Crippen LogP contribution is -3.11. The van der Waals surface area contributed by atoms with Crippen LogP contribution in [0, 0.1) is 17.0 Å². The maximum Gasteiger partial charge on any atom is 0.390 e. The number of imidazole rings is 1. The van der Waals surface area contributed by atoms with Crippen LogP contribution in [0.3, 0.4) is 0 Å². The molecule has 4 aromatic rings. The molecule has 0 fully saturated rings. The Kier molecular flexibility index (Phi) is 7.88. The molecule has 0 saturated heterocycles. The Balaban J connectivity index is 0.00000342. The summed E-state index contributed by atoms with van der Waals surface area (Å²) in [5.74, 6) is -0.355. The molecule has 0 aliphatic carbocycles. The standard InChI is InChI=1S/C24H27N7O3.ClH/c1-4-30(13-19-23(31(33)34)27-14-29(19)3)12-11-26-24(32)18-10-6-9-17-20(25)16-8-5-7-15(2)21(16)28-22(17)18;/h5-10,14H,4,11-13H2,1-3H3,(H2,25,28)(H,26,32);1H. The van der Waals surface area contributed by atoms with Crippen molar-refractivity contribution in [2.45, 2.75) is 20.4 Å². The van der Waals surface area contributed by atoms with Crippen LogP contribution in [-0.2, 0) is 13.6 Å². The van der Waals surface area contributed by atoms with E-state index in [2.05, 4.69) is 10.3 Å². The van der Waals surface area contributed by atoms with Gasteiger partial charge in [0.15, 0.2) is 5.69 Å². The lowest BCUT2D eigenvalue weighted by atomic mass is 10.0. The number of hydrogen-bond donors (Lipinski definition) is 3. The molecule has 2 heterocycles. The zero-order valence-electron chi connectivity index (χ0n) is 19.8. The number of amides is 1. The minimum absolute atomic E-state index is 0. The number of nitrogens with one attached hydrogen (secondary N) is 2. The number of nitro groups is 1. The number of aromatic nitrogens is 3. The second kappa shape index (κ2) is 10.7. The summed E-state index contributed by atoms with van der Waals surface area (Å²) < 4.78 is 1.67. The second-order valence-electron chi connectivity index (χ2n) is 8.37. The zero-order chi connectivity index (χ0) is 24.4. The van der Waals surface area contributed by atoms with Gasteiger partial charge in [0.2, 0.25) is 6.33 Å². The number of quaternary nitrogens is 1. The molecule has 0 radical (unpaired) electrons. The molecule has 4 rings (SSSR count). The third-order valence-electron chi connectivity index (χ3n) is 6.21. The van der Waals surface area contributed by atoms with E-state index in [9.17, 15) is 14.9 Å². The average molecular weight is 498 g/mol. The number of carbonyl (C=O) groups excluding carboxylic acids is 1. The third-order valence-corrected chi connectivity index (χ3v) is 6.21. The highest BCUT2D eigenvalue weighted by molar-refractivity contribution is 6.13. The topological polar surface area (TPSA) is 133 Å². The number of carbonyl (C=O) groups is 1. The van der Waals surface area contributed by atoms with Crippen molar-refractivity contribution in [1.29, 1.82) is 0 Å². The molecule has 0 bridgehead atoms. The first-order valence-electron chi connectivity index (χ1n) is 11.2. The molecule has 10 nitrogen and oxygen atoms in total. The molecule has 11 heteroatoms. The minimum Gasteiger partial charge on any atom is -1.00 e. The van der Waals surface area contributed by atoms with E-state index >= 15 is 0 Å². The Morgan fingerprint density at radius 3 is 2.57 bits per heavy atom. The first kappa shape index (κ1) is 25.9. The monoisotopic (exact) mass is 497 g/mol. The van der Waals surface area contributed by atoms with E-state index in [1.54, 1.807) is 17.7 Å². The van der Waals surface area contributed by atoms with Gasteiger partial charge in [0.05, 0.1) is 41.9 Å². The number of fused-ring (bicyclic) bond motifs is 2. The van der Waals surface area contributed by atoms with Crippen molar-refractivity contribution in [3.63, 3.8) is 0 Å². The Hall–Kier alpha value is -3.76. The highest BCUT2D eigenvalue weighted by Gasteiger charge is 2.24. The number of nitrogen functional groups attached to an aromatic ring is 1. The molecule has 1 amide bonds. The van der Waals surface area contributed by atoms with Gasteiger partial charge in [-0.2, -0.15) is 0 Å². The predicted molar refractivity (Wildman–Crippen MR) is 131 cm³/mol. The smallest absolute Gasteiger partial charge is 0.390 e. The SMILES string of the molecule is CC[NH+](CCNC(=O)c1cccc2c(N)c3cccc(C)c3nc12)Cc1c([N+](=O)[O-])ncn1C.[Cl-]. The number of likely N-dealkylation sites (N-methyl/N-ethyl adjacent to an activating group) is 1. The van der Waals surface area contributed by atoms with E-state index < -0.39 is 4.92 Å². The lowest BCUT2D eigenvalue weighted by molar-refractivity contribution is -0.911. The van der Waals surface area contributed by atoms with E-state index in [1.807, 2.05) is 44.2 Å². The summed E-state index contributed by atoms with van der Waals surface area (Å²) in [6.07, 6.45) is 1.45. The number of para-hydroxylation sites is 2. The number of halogens is 1. The highest BCUT2D eigenvalue weighted by Crippen LogP contribution is 2.31. The van der Waals surface area contributed by atoms with E-state index in [1.165, 1.54) is 6.33 Å². The molecule has 0 spiro atoms. The summed E-state index contributed by atoms with van der Waals surface area (Å²) in [6, 6.07) is 11.3. The summed E-state index contributed by atoms with van der Waals surface area (Å²) in [5, 5.41) is 15.8. The number of benzene rings is 2. The minimum atomic E-state index is -0.463. The number of nitrogens with zero attached hydrogens (tertiary/aromatic N) is 4. The number of rotatable bonds is 8. The van der Waals surface area contributed by atoms with E-state index in [-0.39, 0.29) is 24.1 Å². The summed E-state index contributed by atoms with van der Waals surface area (Å²) in [7, 11) is 1.75. The molecule has 1 atom stereocenters. The molecular weight excluding hydrogens is 470 g/mol. The van der Waals surface area contributed by atoms with Gasteiger partial charge in [0.1, 0.15) is 6.54 Å². The van der Waals surface area contributed by atoms with Crippen molar-refractivity contribution < 1.29 is 27.0 Å². The number of anilines is 1. The molecule has 0 aliphatic heterocycles. The van der Waals surface area contributed by atoms with Gasteiger partial charge in [-0.25, -0.2) is 4.98 Å². The van der Waals surface area contributed by atoms with Crippen LogP contribution < -0.4 is 28.4 Å². The first-order chi connectivity index (χ1) is 16.3.